The Labute approximate surface area is 85.8 Å². The Morgan fingerprint density at radius 3 is 2.31 bits per heavy atom. The summed E-state index contributed by atoms with van der Waals surface area (Å²) in [5.41, 5.74) is 0. The van der Waals surface area contributed by atoms with Gasteiger partial charge >= 0.3 is 0 Å². The largest absolute Gasteiger partial charge is 0.474 e. The quantitative estimate of drug-likeness (QED) is 0.734. The highest BCUT2D eigenvalue weighted by atomic mass is 35.5. The van der Waals surface area contributed by atoms with E-state index in [4.69, 9.17) is 32.7 Å². The summed E-state index contributed by atoms with van der Waals surface area (Å²) >= 11 is 10.7. The molecule has 1 aromatic rings. The van der Waals surface area contributed by atoms with E-state index in [1.807, 2.05) is 0 Å². The second kappa shape index (κ2) is 5.04. The molecule has 0 aliphatic heterocycles. The van der Waals surface area contributed by atoms with Gasteiger partial charge < -0.3 is 9.47 Å². The van der Waals surface area contributed by atoms with E-state index in [0.717, 1.165) is 0 Å². The van der Waals surface area contributed by atoms with Crippen molar-refractivity contribution in [2.24, 2.45) is 0 Å². The van der Waals surface area contributed by atoms with Gasteiger partial charge in [-0.1, -0.05) is 23.2 Å². The maximum atomic E-state index is 10.9. The van der Waals surface area contributed by atoms with Crippen molar-refractivity contribution in [1.82, 2.24) is 0 Å². The van der Waals surface area contributed by atoms with E-state index in [9.17, 15) is 5.11 Å². The van der Waals surface area contributed by atoms with Gasteiger partial charge in [0.1, 0.15) is 0 Å². The highest BCUT2D eigenvalue weighted by Gasteiger charge is 2.06. The fourth-order valence-electron chi connectivity index (χ4n) is 0.838. The lowest BCUT2D eigenvalue weighted by Gasteiger charge is -2.08. The molecule has 0 saturated carbocycles. The van der Waals surface area contributed by atoms with Crippen molar-refractivity contribution in [3.8, 4) is 17.2 Å². The standard InChI is InChI=1S/C8H7Cl2O3/c9-4-12-7-2-1-6(11)3-8(7)13-5-10/h1-3H,4-5H2. The zero-order chi connectivity index (χ0) is 9.68. The average Bonchev–Trinajstić information content (AvgIpc) is 2.10. The second-order valence-electron chi connectivity index (χ2n) is 2.12. The van der Waals surface area contributed by atoms with E-state index in [0.29, 0.717) is 11.5 Å². The summed E-state index contributed by atoms with van der Waals surface area (Å²) in [6, 6.07) is 4.11. The summed E-state index contributed by atoms with van der Waals surface area (Å²) in [7, 11) is 0. The van der Waals surface area contributed by atoms with Crippen LogP contribution in [-0.2, 0) is 5.11 Å². The summed E-state index contributed by atoms with van der Waals surface area (Å²) in [5, 5.41) is 10.9. The van der Waals surface area contributed by atoms with E-state index in [2.05, 4.69) is 0 Å². The molecule has 0 aromatic heterocycles. The van der Waals surface area contributed by atoms with Gasteiger partial charge in [0.15, 0.2) is 29.4 Å². The summed E-state index contributed by atoms with van der Waals surface area (Å²) < 4.78 is 9.94. The van der Waals surface area contributed by atoms with Gasteiger partial charge in [-0.05, 0) is 12.1 Å². The molecule has 3 nitrogen and oxygen atoms in total. The van der Waals surface area contributed by atoms with E-state index in [1.165, 1.54) is 18.2 Å². The summed E-state index contributed by atoms with van der Waals surface area (Å²) in [4.78, 5) is 0. The number of ether oxygens (including phenoxy) is 2. The second-order valence-corrected chi connectivity index (χ2v) is 2.55. The molecule has 0 fully saturated rings. The van der Waals surface area contributed by atoms with Gasteiger partial charge in [0.2, 0.25) is 0 Å². The maximum absolute atomic E-state index is 10.9. The van der Waals surface area contributed by atoms with Crippen LogP contribution in [0.1, 0.15) is 0 Å². The first-order valence-electron chi connectivity index (χ1n) is 3.46. The van der Waals surface area contributed by atoms with Crippen molar-refractivity contribution in [1.29, 1.82) is 0 Å². The van der Waals surface area contributed by atoms with Crippen LogP contribution >= 0.6 is 23.2 Å². The van der Waals surface area contributed by atoms with E-state index < -0.39 is 0 Å². The molecule has 1 aromatic carbocycles. The Morgan fingerprint density at radius 1 is 1.08 bits per heavy atom. The Kier molecular flexibility index (Phi) is 3.99. The Hall–Kier alpha value is -0.800. The van der Waals surface area contributed by atoms with Crippen LogP contribution in [0.5, 0.6) is 17.2 Å². The van der Waals surface area contributed by atoms with Gasteiger partial charge in [0, 0.05) is 6.07 Å². The van der Waals surface area contributed by atoms with E-state index in [1.54, 1.807) is 0 Å². The van der Waals surface area contributed by atoms with Gasteiger partial charge in [0.05, 0.1) is 0 Å². The molecular formula is C8H7Cl2O3. The number of halogens is 2. The molecule has 0 amide bonds. The molecule has 0 saturated heterocycles. The van der Waals surface area contributed by atoms with E-state index in [-0.39, 0.29) is 17.9 Å². The minimum atomic E-state index is -0.165. The zero-order valence-electron chi connectivity index (χ0n) is 6.63. The van der Waals surface area contributed by atoms with Gasteiger partial charge in [0.25, 0.3) is 0 Å². The lowest BCUT2D eigenvalue weighted by molar-refractivity contribution is 0.318. The van der Waals surface area contributed by atoms with Crippen molar-refractivity contribution in [3.05, 3.63) is 18.2 Å². The van der Waals surface area contributed by atoms with Gasteiger partial charge in [-0.15, -0.1) is 0 Å². The van der Waals surface area contributed by atoms with Gasteiger partial charge in [-0.25, -0.2) is 0 Å². The van der Waals surface area contributed by atoms with Gasteiger partial charge in [-0.3, -0.25) is 5.11 Å². The molecule has 0 aliphatic carbocycles. The fourth-order valence-corrected chi connectivity index (χ4v) is 1.07. The molecule has 0 N–H and O–H groups in total. The molecule has 0 aliphatic rings. The molecule has 13 heavy (non-hydrogen) atoms. The Balaban J connectivity index is 2.89. The third-order valence-corrected chi connectivity index (χ3v) is 1.55. The first-order chi connectivity index (χ1) is 6.27. The zero-order valence-corrected chi connectivity index (χ0v) is 8.14. The SMILES string of the molecule is [O]c1ccc(OCCl)c(OCCl)c1. The first-order valence-corrected chi connectivity index (χ1v) is 4.53. The predicted octanol–water partition coefficient (Wildman–Crippen LogP) is 2.98. The number of benzene rings is 1. The fraction of sp³-hybridized carbons (Fsp3) is 0.250. The highest BCUT2D eigenvalue weighted by molar-refractivity contribution is 6.17. The number of alkyl halides is 2. The van der Waals surface area contributed by atoms with Crippen LogP contribution in [0.2, 0.25) is 0 Å². The van der Waals surface area contributed by atoms with Gasteiger partial charge in [-0.2, -0.15) is 0 Å². The molecular weight excluding hydrogens is 215 g/mol. The van der Waals surface area contributed by atoms with Crippen LogP contribution in [0, 0.1) is 0 Å². The topological polar surface area (TPSA) is 38.4 Å². The van der Waals surface area contributed by atoms with Crippen molar-refractivity contribution < 1.29 is 14.6 Å². The monoisotopic (exact) mass is 221 g/mol. The van der Waals surface area contributed by atoms with Crippen LogP contribution in [0.3, 0.4) is 0 Å². The van der Waals surface area contributed by atoms with Crippen LogP contribution < -0.4 is 9.47 Å². The molecule has 71 valence electrons. The Bertz CT molecular complexity index is 278. The smallest absolute Gasteiger partial charge is 0.182 e. The minimum absolute atomic E-state index is 0.00313. The van der Waals surface area contributed by atoms with Crippen molar-refractivity contribution in [3.63, 3.8) is 0 Å². The molecule has 0 spiro atoms. The number of hydrogen-bond donors (Lipinski definition) is 0. The average molecular weight is 222 g/mol. The number of rotatable bonds is 4. The van der Waals surface area contributed by atoms with Crippen LogP contribution in [0.25, 0.3) is 0 Å². The minimum Gasteiger partial charge on any atom is -0.474 e. The maximum Gasteiger partial charge on any atom is 0.182 e. The van der Waals surface area contributed by atoms with Crippen LogP contribution in [0.15, 0.2) is 18.2 Å². The first kappa shape index (κ1) is 10.3. The summed E-state index contributed by atoms with van der Waals surface area (Å²) in [6.45, 7) is 0. The molecule has 0 bridgehead atoms. The van der Waals surface area contributed by atoms with Crippen molar-refractivity contribution in [2.45, 2.75) is 0 Å². The summed E-state index contributed by atoms with van der Waals surface area (Å²) in [6.07, 6.45) is 0. The van der Waals surface area contributed by atoms with Crippen LogP contribution in [-0.4, -0.2) is 12.1 Å². The molecule has 0 atom stereocenters. The van der Waals surface area contributed by atoms with Crippen molar-refractivity contribution in [2.75, 3.05) is 12.1 Å². The Morgan fingerprint density at radius 2 is 1.69 bits per heavy atom. The highest BCUT2D eigenvalue weighted by Crippen LogP contribution is 2.31. The van der Waals surface area contributed by atoms with Crippen LogP contribution in [0.4, 0.5) is 0 Å². The lowest BCUT2D eigenvalue weighted by Crippen LogP contribution is -1.95. The third-order valence-electron chi connectivity index (χ3n) is 1.34. The predicted molar refractivity (Wildman–Crippen MR) is 49.3 cm³/mol. The van der Waals surface area contributed by atoms with Crippen molar-refractivity contribution >= 4 is 23.2 Å². The molecule has 1 radical (unpaired) electrons. The third kappa shape index (κ3) is 2.86. The van der Waals surface area contributed by atoms with E-state index >= 15 is 0 Å². The lowest BCUT2D eigenvalue weighted by atomic mass is 10.3. The summed E-state index contributed by atoms with van der Waals surface area (Å²) in [5.74, 6) is 0.556. The molecule has 5 heteroatoms. The number of hydrogen-bond acceptors (Lipinski definition) is 2. The molecule has 0 heterocycles. The molecule has 1 rings (SSSR count). The molecule has 0 unspecified atom stereocenters. The normalized spacial score (nSPS) is 9.69.